The molecule has 2 heterocycles. The molecule has 204 valence electrons. The zero-order chi connectivity index (χ0) is 28.3. The molecule has 0 aliphatic heterocycles. The lowest BCUT2D eigenvalue weighted by Crippen LogP contribution is -2.29. The summed E-state index contributed by atoms with van der Waals surface area (Å²) in [6.45, 7) is 10.4. The molecule has 0 aliphatic rings. The molecule has 0 saturated carbocycles. The van der Waals surface area contributed by atoms with E-state index in [0.29, 0.717) is 28.7 Å². The maximum atomic E-state index is 12.2. The number of ether oxygens (including phenoxy) is 1. The van der Waals surface area contributed by atoms with Crippen LogP contribution in [0.15, 0.2) is 66.9 Å². The van der Waals surface area contributed by atoms with Crippen LogP contribution in [0.4, 0.5) is 11.5 Å². The molecular formula is C30H36N6O3. The monoisotopic (exact) mass is 528 g/mol. The van der Waals surface area contributed by atoms with Gasteiger partial charge in [-0.1, -0.05) is 26.8 Å². The summed E-state index contributed by atoms with van der Waals surface area (Å²) < 4.78 is 7.72. The molecule has 4 rings (SSSR count). The van der Waals surface area contributed by atoms with Gasteiger partial charge in [0.15, 0.2) is 0 Å². The van der Waals surface area contributed by atoms with Crippen LogP contribution in [0.2, 0.25) is 0 Å². The van der Waals surface area contributed by atoms with Crippen LogP contribution in [0.5, 0.6) is 11.5 Å². The number of aliphatic hydroxyl groups is 1. The number of rotatable bonds is 8. The van der Waals surface area contributed by atoms with Crippen molar-refractivity contribution in [2.45, 2.75) is 46.4 Å². The average molecular weight is 529 g/mol. The van der Waals surface area contributed by atoms with Crippen molar-refractivity contribution in [2.24, 2.45) is 0 Å². The van der Waals surface area contributed by atoms with E-state index in [-0.39, 0.29) is 11.3 Å². The number of hydrogen-bond acceptors (Lipinski definition) is 7. The Hall–Kier alpha value is -4.37. The Kier molecular flexibility index (Phi) is 7.92. The lowest BCUT2D eigenvalue weighted by atomic mass is 9.92. The van der Waals surface area contributed by atoms with Crippen LogP contribution >= 0.6 is 0 Å². The second kappa shape index (κ2) is 11.2. The second-order valence-electron chi connectivity index (χ2n) is 10.8. The molecule has 1 unspecified atom stereocenters. The highest BCUT2D eigenvalue weighted by Crippen LogP contribution is 2.28. The van der Waals surface area contributed by atoms with Crippen molar-refractivity contribution in [3.8, 4) is 17.2 Å². The van der Waals surface area contributed by atoms with E-state index in [4.69, 9.17) is 9.84 Å². The van der Waals surface area contributed by atoms with Gasteiger partial charge in [0.2, 0.25) is 6.35 Å². The first kappa shape index (κ1) is 27.7. The summed E-state index contributed by atoms with van der Waals surface area (Å²) in [6.07, 6.45) is 0.462. The standard InChI is InChI=1S/C30H36N6O3/c1-19-14-20(2)16-22(15-19)36-27(18-26(34-36)30(3,4)5)33-29(38)32-21-8-10-23(11-9-21)39-24-12-13-31-25(17-24)28(37)35(6)7/h8-18,29,32-33,38H,1-7H3. The largest absolute Gasteiger partial charge is 0.457 e. The Morgan fingerprint density at radius 3 is 2.23 bits per heavy atom. The van der Waals surface area contributed by atoms with E-state index in [0.717, 1.165) is 22.5 Å². The molecule has 0 fully saturated rings. The van der Waals surface area contributed by atoms with Crippen molar-refractivity contribution in [1.29, 1.82) is 0 Å². The lowest BCUT2D eigenvalue weighted by molar-refractivity contribution is 0.0821. The minimum absolute atomic E-state index is 0.163. The summed E-state index contributed by atoms with van der Waals surface area (Å²) in [7, 11) is 3.35. The molecule has 3 N–H and O–H groups in total. The van der Waals surface area contributed by atoms with Gasteiger partial charge in [-0.15, -0.1) is 0 Å². The molecule has 4 aromatic rings. The first-order chi connectivity index (χ1) is 18.4. The number of pyridine rings is 1. The molecular weight excluding hydrogens is 492 g/mol. The Bertz CT molecular complexity index is 1430. The molecule has 0 radical (unpaired) electrons. The van der Waals surface area contributed by atoms with Crippen LogP contribution in [-0.4, -0.2) is 51.1 Å². The van der Waals surface area contributed by atoms with Gasteiger partial charge in [-0.2, -0.15) is 5.10 Å². The van der Waals surface area contributed by atoms with Gasteiger partial charge < -0.3 is 25.4 Å². The molecule has 9 nitrogen and oxygen atoms in total. The number of nitrogens with one attached hydrogen (secondary N) is 2. The zero-order valence-electron chi connectivity index (χ0n) is 23.5. The predicted octanol–water partition coefficient (Wildman–Crippen LogP) is 5.48. The molecule has 1 amide bonds. The number of carbonyl (C=O) groups excluding carboxylic acids is 1. The lowest BCUT2D eigenvalue weighted by Gasteiger charge is -2.18. The highest BCUT2D eigenvalue weighted by Gasteiger charge is 2.22. The topological polar surface area (TPSA) is 105 Å². The van der Waals surface area contributed by atoms with E-state index in [1.165, 1.54) is 11.1 Å². The quantitative estimate of drug-likeness (QED) is 0.260. The Morgan fingerprint density at radius 1 is 0.949 bits per heavy atom. The second-order valence-corrected chi connectivity index (χ2v) is 10.8. The van der Waals surface area contributed by atoms with Crippen molar-refractivity contribution < 1.29 is 14.6 Å². The van der Waals surface area contributed by atoms with Gasteiger partial charge in [0, 0.05) is 43.5 Å². The zero-order valence-corrected chi connectivity index (χ0v) is 23.5. The molecule has 2 aromatic heterocycles. The van der Waals surface area contributed by atoms with Gasteiger partial charge in [-0.25, -0.2) is 4.68 Å². The smallest absolute Gasteiger partial charge is 0.272 e. The van der Waals surface area contributed by atoms with E-state index >= 15 is 0 Å². The summed E-state index contributed by atoms with van der Waals surface area (Å²) in [4.78, 5) is 17.7. The Morgan fingerprint density at radius 2 is 1.62 bits per heavy atom. The SMILES string of the molecule is Cc1cc(C)cc(-n2nc(C(C)(C)C)cc2NC(O)Nc2ccc(Oc3ccnc(C(=O)N(C)C)c3)cc2)c1. The third-order valence-corrected chi connectivity index (χ3v) is 5.96. The van der Waals surface area contributed by atoms with Crippen molar-refractivity contribution in [1.82, 2.24) is 19.7 Å². The van der Waals surface area contributed by atoms with Crippen LogP contribution in [-0.2, 0) is 5.41 Å². The third-order valence-electron chi connectivity index (χ3n) is 5.96. The molecule has 0 saturated heterocycles. The first-order valence-corrected chi connectivity index (χ1v) is 12.7. The van der Waals surface area contributed by atoms with Crippen molar-refractivity contribution in [3.05, 3.63) is 89.4 Å². The van der Waals surface area contributed by atoms with Gasteiger partial charge in [-0.05, 0) is 67.4 Å². The number of aliphatic hydroxyl groups excluding tert-OH is 1. The van der Waals surface area contributed by atoms with Crippen LogP contribution in [0, 0.1) is 13.8 Å². The van der Waals surface area contributed by atoms with Crippen LogP contribution in [0.3, 0.4) is 0 Å². The number of aromatic nitrogens is 3. The fourth-order valence-corrected chi connectivity index (χ4v) is 4.03. The molecule has 0 bridgehead atoms. The summed E-state index contributed by atoms with van der Waals surface area (Å²) in [5.41, 5.74) is 4.93. The maximum absolute atomic E-state index is 12.2. The van der Waals surface area contributed by atoms with E-state index in [1.807, 2.05) is 10.7 Å². The van der Waals surface area contributed by atoms with Gasteiger partial charge in [0.05, 0.1) is 11.4 Å². The van der Waals surface area contributed by atoms with Gasteiger partial charge in [0.1, 0.15) is 23.0 Å². The fourth-order valence-electron chi connectivity index (χ4n) is 4.03. The predicted molar refractivity (Wildman–Crippen MR) is 154 cm³/mol. The minimum atomic E-state index is -1.08. The highest BCUT2D eigenvalue weighted by molar-refractivity contribution is 5.92. The highest BCUT2D eigenvalue weighted by atomic mass is 16.5. The summed E-state index contributed by atoms with van der Waals surface area (Å²) in [5.74, 6) is 1.56. The van der Waals surface area contributed by atoms with Gasteiger partial charge in [-0.3, -0.25) is 9.78 Å². The minimum Gasteiger partial charge on any atom is -0.457 e. The summed E-state index contributed by atoms with van der Waals surface area (Å²) in [5, 5.41) is 21.9. The van der Waals surface area contributed by atoms with Gasteiger partial charge in [0.25, 0.3) is 5.91 Å². The fraction of sp³-hybridized carbons (Fsp3) is 0.300. The summed E-state index contributed by atoms with van der Waals surface area (Å²) >= 11 is 0. The Balaban J connectivity index is 1.47. The number of anilines is 2. The molecule has 2 aromatic carbocycles. The molecule has 1 atom stereocenters. The van der Waals surface area contributed by atoms with E-state index in [9.17, 15) is 9.90 Å². The number of hydrogen-bond donors (Lipinski definition) is 3. The van der Waals surface area contributed by atoms with Crippen molar-refractivity contribution >= 4 is 17.4 Å². The van der Waals surface area contributed by atoms with Crippen molar-refractivity contribution in [2.75, 3.05) is 24.7 Å². The van der Waals surface area contributed by atoms with Crippen LogP contribution in [0.1, 0.15) is 48.1 Å². The number of benzene rings is 2. The molecule has 0 spiro atoms. The van der Waals surface area contributed by atoms with Crippen LogP contribution < -0.4 is 15.4 Å². The van der Waals surface area contributed by atoms with Gasteiger partial charge >= 0.3 is 0 Å². The van der Waals surface area contributed by atoms with Crippen molar-refractivity contribution in [3.63, 3.8) is 0 Å². The first-order valence-electron chi connectivity index (χ1n) is 12.7. The van der Waals surface area contributed by atoms with E-state index < -0.39 is 6.35 Å². The molecule has 9 heteroatoms. The normalized spacial score (nSPS) is 12.1. The maximum Gasteiger partial charge on any atom is 0.272 e. The molecule has 39 heavy (non-hydrogen) atoms. The molecule has 0 aliphatic carbocycles. The van der Waals surface area contributed by atoms with Crippen LogP contribution in [0.25, 0.3) is 5.69 Å². The number of carbonyl (C=O) groups is 1. The van der Waals surface area contributed by atoms with E-state index in [2.05, 4.69) is 68.4 Å². The number of nitrogens with zero attached hydrogens (tertiary/aromatic N) is 4. The Labute approximate surface area is 229 Å². The third kappa shape index (κ3) is 6.94. The average Bonchev–Trinajstić information content (AvgIpc) is 3.28. The number of aryl methyl sites for hydroxylation is 2. The van der Waals surface area contributed by atoms with E-state index in [1.54, 1.807) is 50.5 Å². The number of amides is 1. The summed E-state index contributed by atoms with van der Waals surface area (Å²) in [6, 6.07) is 18.7.